The van der Waals surface area contributed by atoms with E-state index in [0.717, 1.165) is 50.6 Å². The van der Waals surface area contributed by atoms with E-state index in [1.807, 2.05) is 0 Å². The van der Waals surface area contributed by atoms with Crippen LogP contribution in [0.15, 0.2) is 273 Å². The molecule has 71 heavy (non-hydrogen) atoms. The minimum Gasteiger partial charge on any atom is -0.458 e. The van der Waals surface area contributed by atoms with Gasteiger partial charge in [-0.15, -0.1) is 0 Å². The number of benzene rings is 11. The monoisotopic (exact) mass is 920 g/mol. The SMILES string of the molecule is c1ccc(N2B3c4ccc(-c5ccccc5-n5c6ccccc6c6ccccc65)cc4Oc4cc(-c5cccc([Si](c6ccccc6)(c6ccccc6)c6ccccc6)c5)cc(c43)-c3ccccc32)cc1. The summed E-state index contributed by atoms with van der Waals surface area (Å²) in [6, 6.07) is 101. The van der Waals surface area contributed by atoms with Crippen LogP contribution in [0.2, 0.25) is 0 Å². The Morgan fingerprint density at radius 1 is 0.338 bits per heavy atom. The fourth-order valence-electron chi connectivity index (χ4n) is 12.0. The van der Waals surface area contributed by atoms with Gasteiger partial charge >= 0.3 is 6.85 Å². The van der Waals surface area contributed by atoms with E-state index >= 15 is 0 Å². The molecule has 0 spiro atoms. The van der Waals surface area contributed by atoms with Crippen LogP contribution in [0.5, 0.6) is 11.5 Å². The van der Waals surface area contributed by atoms with Crippen LogP contribution < -0.4 is 41.2 Å². The van der Waals surface area contributed by atoms with Crippen LogP contribution in [-0.4, -0.2) is 19.5 Å². The molecule has 3 heterocycles. The molecule has 0 aliphatic carbocycles. The Labute approximate surface area is 415 Å². The highest BCUT2D eigenvalue weighted by Crippen LogP contribution is 2.46. The van der Waals surface area contributed by atoms with Crippen molar-refractivity contribution in [2.75, 3.05) is 4.81 Å². The number of para-hydroxylation sites is 5. The van der Waals surface area contributed by atoms with Gasteiger partial charge in [-0.1, -0.05) is 218 Å². The minimum absolute atomic E-state index is 0.141. The van der Waals surface area contributed by atoms with Gasteiger partial charge in [-0.3, -0.25) is 0 Å². The first-order chi connectivity index (χ1) is 35.2. The minimum atomic E-state index is -2.80. The van der Waals surface area contributed by atoms with E-state index in [0.29, 0.717) is 0 Å². The topological polar surface area (TPSA) is 17.4 Å². The first kappa shape index (κ1) is 41.1. The second-order valence-electron chi connectivity index (χ2n) is 18.7. The van der Waals surface area contributed by atoms with Crippen molar-refractivity contribution in [2.24, 2.45) is 0 Å². The highest BCUT2D eigenvalue weighted by molar-refractivity contribution is 7.20. The van der Waals surface area contributed by atoms with E-state index in [1.165, 1.54) is 64.8 Å². The average Bonchev–Trinajstić information content (AvgIpc) is 3.78. The summed E-state index contributed by atoms with van der Waals surface area (Å²) in [5, 5.41) is 7.87. The van der Waals surface area contributed by atoms with Gasteiger partial charge in [0.2, 0.25) is 0 Å². The maximum absolute atomic E-state index is 7.40. The van der Waals surface area contributed by atoms with Crippen molar-refractivity contribution in [3.05, 3.63) is 273 Å². The number of nitrogens with zero attached hydrogens (tertiary/aromatic N) is 2. The summed E-state index contributed by atoms with van der Waals surface area (Å²) in [4.78, 5) is 2.52. The van der Waals surface area contributed by atoms with Crippen LogP contribution in [0.3, 0.4) is 0 Å². The van der Waals surface area contributed by atoms with Gasteiger partial charge in [0.1, 0.15) is 11.5 Å². The summed E-state index contributed by atoms with van der Waals surface area (Å²) in [6.07, 6.45) is 0. The molecule has 2 aliphatic heterocycles. The van der Waals surface area contributed by atoms with Gasteiger partial charge in [-0.2, -0.15) is 0 Å². The van der Waals surface area contributed by atoms with E-state index in [-0.39, 0.29) is 6.85 Å². The molecule has 3 nitrogen and oxygen atoms in total. The van der Waals surface area contributed by atoms with Gasteiger partial charge in [0.05, 0.1) is 16.7 Å². The Bertz CT molecular complexity index is 3840. The van der Waals surface area contributed by atoms with E-state index in [2.05, 4.69) is 282 Å². The van der Waals surface area contributed by atoms with Crippen LogP contribution in [0, 0.1) is 0 Å². The Kier molecular flexibility index (Phi) is 9.65. The van der Waals surface area contributed by atoms with Crippen LogP contribution in [-0.2, 0) is 0 Å². The fraction of sp³-hybridized carbons (Fsp3) is 0. The normalized spacial score (nSPS) is 12.6. The van der Waals surface area contributed by atoms with Gasteiger partial charge in [-0.05, 0) is 103 Å². The van der Waals surface area contributed by atoms with Gasteiger partial charge < -0.3 is 14.1 Å². The predicted octanol–water partition coefficient (Wildman–Crippen LogP) is 12.5. The molecule has 0 fully saturated rings. The lowest BCUT2D eigenvalue weighted by atomic mass is 9.44. The molecule has 12 aromatic rings. The molecule has 0 amide bonds. The molecule has 0 bridgehead atoms. The van der Waals surface area contributed by atoms with Crippen molar-refractivity contribution in [1.82, 2.24) is 4.57 Å². The molecule has 332 valence electrons. The Morgan fingerprint density at radius 2 is 0.859 bits per heavy atom. The first-order valence-electron chi connectivity index (χ1n) is 24.5. The molecule has 0 unspecified atom stereocenters. The molecule has 2 aliphatic rings. The zero-order valence-corrected chi connectivity index (χ0v) is 39.9. The highest BCUT2D eigenvalue weighted by atomic mass is 28.3. The van der Waals surface area contributed by atoms with Crippen molar-refractivity contribution in [3.63, 3.8) is 0 Å². The molecular weight excluding hydrogens is 876 g/mol. The highest BCUT2D eigenvalue weighted by Gasteiger charge is 2.45. The number of aromatic nitrogens is 1. The largest absolute Gasteiger partial charge is 0.458 e. The summed E-state index contributed by atoms with van der Waals surface area (Å²) in [5.41, 5.74) is 15.0. The molecule has 0 atom stereocenters. The summed E-state index contributed by atoms with van der Waals surface area (Å²) in [5.74, 6) is 1.74. The quantitative estimate of drug-likeness (QED) is 0.112. The fourth-order valence-corrected chi connectivity index (χ4v) is 16.8. The lowest BCUT2D eigenvalue weighted by Crippen LogP contribution is -2.74. The standard InChI is InChI=1S/C66H45BN2OSi/c1-5-23-49(24-6-1)69-63-39-20-16-35-57(63)58-43-48(46-22-21-31-53(42-46)71(50-25-7-2-8-26-50,51-27-9-3-10-28-51)52-29-11-4-12-30-52)45-65-66(58)67(69)59-41-40-47(44-64(59)70-65)54-32-13-17-36-60(54)68-61-37-18-14-33-55(61)56-34-15-19-38-62(56)68/h1-45H. The molecule has 0 saturated heterocycles. The van der Waals surface area contributed by atoms with E-state index in [9.17, 15) is 0 Å². The molecule has 11 aromatic carbocycles. The molecule has 0 saturated carbocycles. The molecule has 0 N–H and O–H groups in total. The molecule has 14 rings (SSSR count). The van der Waals surface area contributed by atoms with Crippen molar-refractivity contribution in [3.8, 4) is 50.6 Å². The molecule has 5 heteroatoms. The maximum atomic E-state index is 7.40. The Balaban J connectivity index is 0.976. The summed E-state index contributed by atoms with van der Waals surface area (Å²) in [7, 11) is -2.80. The molecular formula is C66H45BN2OSi. The summed E-state index contributed by atoms with van der Waals surface area (Å²) >= 11 is 0. The second-order valence-corrected chi connectivity index (χ2v) is 22.5. The maximum Gasteiger partial charge on any atom is 0.336 e. The molecule has 0 radical (unpaired) electrons. The Hall–Kier alpha value is -8.90. The zero-order valence-electron chi connectivity index (χ0n) is 38.9. The van der Waals surface area contributed by atoms with Crippen LogP contribution in [0.25, 0.3) is 60.9 Å². The molecule has 1 aromatic heterocycles. The number of rotatable bonds is 8. The van der Waals surface area contributed by atoms with Crippen LogP contribution in [0.1, 0.15) is 0 Å². The number of hydrogen-bond acceptors (Lipinski definition) is 2. The van der Waals surface area contributed by atoms with Crippen molar-refractivity contribution in [1.29, 1.82) is 0 Å². The van der Waals surface area contributed by atoms with Gasteiger partial charge in [0, 0.05) is 38.7 Å². The lowest BCUT2D eigenvalue weighted by Gasteiger charge is -2.42. The Morgan fingerprint density at radius 3 is 1.51 bits per heavy atom. The van der Waals surface area contributed by atoms with Crippen molar-refractivity contribution < 1.29 is 4.74 Å². The second kappa shape index (κ2) is 16.7. The summed E-state index contributed by atoms with van der Waals surface area (Å²) < 4.78 is 9.82. The van der Waals surface area contributed by atoms with Crippen molar-refractivity contribution >= 4 is 79.8 Å². The van der Waals surface area contributed by atoms with E-state index in [1.54, 1.807) is 0 Å². The van der Waals surface area contributed by atoms with Crippen LogP contribution in [0.4, 0.5) is 11.4 Å². The third-order valence-corrected chi connectivity index (χ3v) is 19.8. The number of ether oxygens (including phenoxy) is 1. The van der Waals surface area contributed by atoms with Gasteiger partial charge in [-0.25, -0.2) is 0 Å². The van der Waals surface area contributed by atoms with Gasteiger partial charge in [0.15, 0.2) is 8.07 Å². The smallest absolute Gasteiger partial charge is 0.336 e. The number of hydrogen-bond donors (Lipinski definition) is 0. The summed E-state index contributed by atoms with van der Waals surface area (Å²) in [6.45, 7) is -0.141. The predicted molar refractivity (Wildman–Crippen MR) is 301 cm³/mol. The van der Waals surface area contributed by atoms with Crippen molar-refractivity contribution in [2.45, 2.75) is 0 Å². The third-order valence-electron chi connectivity index (χ3n) is 15.0. The van der Waals surface area contributed by atoms with Gasteiger partial charge in [0.25, 0.3) is 0 Å². The number of fused-ring (bicyclic) bond motifs is 7. The number of anilines is 2. The van der Waals surface area contributed by atoms with Crippen LogP contribution >= 0.6 is 0 Å². The van der Waals surface area contributed by atoms with E-state index < -0.39 is 8.07 Å². The zero-order chi connectivity index (χ0) is 46.9. The third kappa shape index (κ3) is 6.44. The first-order valence-corrected chi connectivity index (χ1v) is 26.5. The lowest BCUT2D eigenvalue weighted by molar-refractivity contribution is 0.487. The average molecular weight is 921 g/mol. The van der Waals surface area contributed by atoms with E-state index in [4.69, 9.17) is 4.74 Å².